The number of amides is 5. The fraction of sp³-hybridized carbons (Fsp3) is 0.400. The van der Waals surface area contributed by atoms with Gasteiger partial charge in [-0.1, -0.05) is 44.5 Å². The van der Waals surface area contributed by atoms with Crippen LogP contribution in [0.25, 0.3) is 0 Å². The minimum absolute atomic E-state index is 0.00846. The van der Waals surface area contributed by atoms with Crippen molar-refractivity contribution in [2.24, 2.45) is 11.7 Å². The first-order valence-electron chi connectivity index (χ1n) is 14.2. The van der Waals surface area contributed by atoms with Crippen molar-refractivity contribution in [3.8, 4) is 11.5 Å². The van der Waals surface area contributed by atoms with Gasteiger partial charge in [0.2, 0.25) is 29.5 Å². The molecule has 0 aliphatic rings. The van der Waals surface area contributed by atoms with Crippen molar-refractivity contribution >= 4 is 35.5 Å². The number of aromatic hydroxyl groups is 2. The summed E-state index contributed by atoms with van der Waals surface area (Å²) in [6.45, 7) is 1.90. The Morgan fingerprint density at radius 1 is 0.689 bits per heavy atom. The normalized spacial score (nSPS) is 13.3. The third kappa shape index (κ3) is 12.9. The van der Waals surface area contributed by atoms with Gasteiger partial charge >= 0.3 is 5.97 Å². The summed E-state index contributed by atoms with van der Waals surface area (Å²) in [5.41, 5.74) is 7.15. The van der Waals surface area contributed by atoms with Crippen LogP contribution in [0.4, 0.5) is 0 Å². The number of hydrogen-bond acceptors (Lipinski definition) is 9. The Morgan fingerprint density at radius 2 is 1.16 bits per heavy atom. The van der Waals surface area contributed by atoms with Gasteiger partial charge in [-0.15, -0.1) is 0 Å². The number of nitrogens with two attached hydrogens (primary N) is 1. The highest BCUT2D eigenvalue weighted by Gasteiger charge is 2.27. The van der Waals surface area contributed by atoms with E-state index < -0.39 is 73.3 Å². The first-order chi connectivity index (χ1) is 21.3. The molecule has 0 aromatic heterocycles. The number of phenols is 2. The molecule has 0 unspecified atom stereocenters. The summed E-state index contributed by atoms with van der Waals surface area (Å²) < 4.78 is 0. The molecular weight excluding hydrogens is 588 g/mol. The fourth-order valence-corrected chi connectivity index (χ4v) is 4.04. The average Bonchev–Trinajstić information content (AvgIpc) is 3.01. The number of carboxylic acids is 1. The number of carboxylic acid groups (broad SMARTS) is 1. The summed E-state index contributed by atoms with van der Waals surface area (Å²) in [5, 5.41) is 40.2. The molecule has 2 rings (SSSR count). The van der Waals surface area contributed by atoms with Crippen molar-refractivity contribution in [1.82, 2.24) is 26.6 Å². The Hall–Kier alpha value is -5.18. The predicted octanol–water partition coefficient (Wildman–Crippen LogP) is -1.34. The molecule has 45 heavy (non-hydrogen) atoms. The molecule has 0 saturated heterocycles. The van der Waals surface area contributed by atoms with E-state index in [1.165, 1.54) is 36.4 Å². The number of hydrogen-bond donors (Lipinski definition) is 9. The quantitative estimate of drug-likeness (QED) is 0.0997. The Kier molecular flexibility index (Phi) is 14.3. The van der Waals surface area contributed by atoms with E-state index in [4.69, 9.17) is 5.73 Å². The van der Waals surface area contributed by atoms with Gasteiger partial charge in [0.15, 0.2) is 0 Å². The summed E-state index contributed by atoms with van der Waals surface area (Å²) >= 11 is 0. The van der Waals surface area contributed by atoms with Gasteiger partial charge in [0, 0.05) is 6.42 Å². The molecule has 5 amide bonds. The molecule has 10 N–H and O–H groups in total. The van der Waals surface area contributed by atoms with E-state index in [0.29, 0.717) is 17.5 Å². The molecule has 0 saturated carbocycles. The molecule has 0 heterocycles. The highest BCUT2D eigenvalue weighted by molar-refractivity contribution is 5.93. The summed E-state index contributed by atoms with van der Waals surface area (Å²) in [5.74, 6) is -5.02. The van der Waals surface area contributed by atoms with Crippen LogP contribution in [0.15, 0.2) is 48.5 Å². The van der Waals surface area contributed by atoms with E-state index >= 15 is 0 Å². The molecule has 0 spiro atoms. The van der Waals surface area contributed by atoms with E-state index in [-0.39, 0.29) is 30.3 Å². The van der Waals surface area contributed by atoms with Gasteiger partial charge in [-0.2, -0.15) is 0 Å². The number of rotatable bonds is 17. The van der Waals surface area contributed by atoms with Crippen LogP contribution in [0.2, 0.25) is 0 Å². The summed E-state index contributed by atoms with van der Waals surface area (Å²) in [6, 6.07) is 8.70. The lowest BCUT2D eigenvalue weighted by atomic mass is 9.99. The van der Waals surface area contributed by atoms with Crippen molar-refractivity contribution < 1.29 is 44.1 Å². The topological polar surface area (TPSA) is 249 Å². The molecule has 2 aromatic rings. The lowest BCUT2D eigenvalue weighted by molar-refractivity contribution is -0.143. The first-order valence-corrected chi connectivity index (χ1v) is 14.2. The zero-order valence-electron chi connectivity index (χ0n) is 25.0. The number of carbonyl (C=O) groups is 6. The second-order valence-electron chi connectivity index (χ2n) is 10.4. The fourth-order valence-electron chi connectivity index (χ4n) is 4.04. The molecule has 2 aromatic carbocycles. The summed E-state index contributed by atoms with van der Waals surface area (Å²) in [6.07, 6.45) is 0.634. The SMILES string of the molecule is CC[C@H](C)[C@H](NC(=O)CNC(=O)[C@H](Cc1ccc(O)cc1)NC(=O)CNC(=O)CNC(=O)[C@@H](N)Cc1ccc(O)cc1)C(=O)O. The van der Waals surface area contributed by atoms with E-state index in [1.54, 1.807) is 26.0 Å². The van der Waals surface area contributed by atoms with E-state index in [9.17, 15) is 44.1 Å². The van der Waals surface area contributed by atoms with Crippen molar-refractivity contribution in [1.29, 1.82) is 0 Å². The molecule has 0 fully saturated rings. The number of carbonyl (C=O) groups excluding carboxylic acids is 5. The van der Waals surface area contributed by atoms with Crippen LogP contribution in [-0.4, -0.2) is 88.6 Å². The van der Waals surface area contributed by atoms with Crippen molar-refractivity contribution in [3.63, 3.8) is 0 Å². The third-order valence-corrected chi connectivity index (χ3v) is 6.84. The van der Waals surface area contributed by atoms with Crippen molar-refractivity contribution in [2.75, 3.05) is 19.6 Å². The number of aliphatic carboxylic acids is 1. The van der Waals surface area contributed by atoms with Gasteiger partial charge in [-0.25, -0.2) is 4.79 Å². The molecule has 15 nitrogen and oxygen atoms in total. The van der Waals surface area contributed by atoms with Crippen molar-refractivity contribution in [2.45, 2.75) is 51.2 Å². The van der Waals surface area contributed by atoms with Gasteiger partial charge in [0.05, 0.1) is 25.7 Å². The van der Waals surface area contributed by atoms with Gasteiger partial charge in [0.25, 0.3) is 0 Å². The molecule has 0 bridgehead atoms. The lowest BCUT2D eigenvalue weighted by Gasteiger charge is -2.21. The minimum atomic E-state index is -1.21. The Labute approximate surface area is 259 Å². The maximum absolute atomic E-state index is 13.0. The zero-order valence-corrected chi connectivity index (χ0v) is 25.0. The Balaban J connectivity index is 1.90. The van der Waals surface area contributed by atoms with Crippen LogP contribution in [0.1, 0.15) is 31.4 Å². The van der Waals surface area contributed by atoms with Gasteiger partial charge < -0.3 is 47.6 Å². The van der Waals surface area contributed by atoms with Gasteiger partial charge in [-0.05, 0) is 47.7 Å². The minimum Gasteiger partial charge on any atom is -0.508 e. The smallest absolute Gasteiger partial charge is 0.326 e. The van der Waals surface area contributed by atoms with Crippen LogP contribution in [0, 0.1) is 5.92 Å². The van der Waals surface area contributed by atoms with E-state index in [2.05, 4.69) is 26.6 Å². The third-order valence-electron chi connectivity index (χ3n) is 6.84. The Morgan fingerprint density at radius 3 is 1.69 bits per heavy atom. The second kappa shape index (κ2) is 17.8. The molecule has 0 radical (unpaired) electrons. The molecule has 4 atom stereocenters. The van der Waals surface area contributed by atoms with Crippen LogP contribution < -0.4 is 32.3 Å². The molecule has 244 valence electrons. The number of benzene rings is 2. The van der Waals surface area contributed by atoms with E-state index in [1.807, 2.05) is 0 Å². The maximum Gasteiger partial charge on any atom is 0.326 e. The predicted molar refractivity (Wildman–Crippen MR) is 162 cm³/mol. The Bertz CT molecular complexity index is 1330. The molecule has 0 aliphatic heterocycles. The largest absolute Gasteiger partial charge is 0.508 e. The van der Waals surface area contributed by atoms with Crippen LogP contribution >= 0.6 is 0 Å². The second-order valence-corrected chi connectivity index (χ2v) is 10.4. The lowest BCUT2D eigenvalue weighted by Crippen LogP contribution is -2.53. The van der Waals surface area contributed by atoms with Crippen molar-refractivity contribution in [3.05, 3.63) is 59.7 Å². The first kappa shape index (κ1) is 36.0. The number of nitrogens with one attached hydrogen (secondary N) is 5. The summed E-state index contributed by atoms with van der Waals surface area (Å²) in [7, 11) is 0. The monoisotopic (exact) mass is 628 g/mol. The van der Waals surface area contributed by atoms with Crippen LogP contribution in [-0.2, 0) is 41.6 Å². The highest BCUT2D eigenvalue weighted by atomic mass is 16.4. The highest BCUT2D eigenvalue weighted by Crippen LogP contribution is 2.12. The van der Waals surface area contributed by atoms with Gasteiger partial charge in [-0.3, -0.25) is 24.0 Å². The van der Waals surface area contributed by atoms with Crippen LogP contribution in [0.5, 0.6) is 11.5 Å². The molecular formula is C30H40N6O9. The standard InChI is InChI=1S/C30H40N6O9/c1-3-17(2)27(30(44)45)36-26(41)16-34-29(43)23(13-19-6-10-21(38)11-7-19)35-25(40)15-32-24(39)14-33-28(42)22(31)12-18-4-8-20(37)9-5-18/h4-11,17,22-23,27,37-38H,3,12-16,31H2,1-2H3,(H,32,39)(H,33,42)(H,34,43)(H,35,40)(H,36,41)(H,44,45)/t17-,22-,23-,27-/m0/s1. The maximum atomic E-state index is 13.0. The number of phenolic OH excluding ortho intramolecular Hbond substituents is 2. The molecule has 0 aliphatic carbocycles. The zero-order chi connectivity index (χ0) is 33.5. The average molecular weight is 629 g/mol. The van der Waals surface area contributed by atoms with Gasteiger partial charge in [0.1, 0.15) is 23.6 Å². The molecule has 15 heteroatoms. The van der Waals surface area contributed by atoms with Crippen LogP contribution in [0.3, 0.4) is 0 Å². The van der Waals surface area contributed by atoms with E-state index in [0.717, 1.165) is 0 Å². The summed E-state index contributed by atoms with van der Waals surface area (Å²) in [4.78, 5) is 73.9.